The van der Waals surface area contributed by atoms with Gasteiger partial charge in [-0.05, 0) is 6.54 Å². The Morgan fingerprint density at radius 1 is 1.36 bits per heavy atom. The highest BCUT2D eigenvalue weighted by Gasteiger charge is 2.24. The van der Waals surface area contributed by atoms with Crippen LogP contribution in [0.5, 0.6) is 0 Å². The lowest BCUT2D eigenvalue weighted by molar-refractivity contribution is -0.887. The molecule has 0 bridgehead atoms. The molecule has 0 fully saturated rings. The van der Waals surface area contributed by atoms with Crippen molar-refractivity contribution in [3.63, 3.8) is 0 Å². The van der Waals surface area contributed by atoms with E-state index in [9.17, 15) is 4.57 Å². The summed E-state index contributed by atoms with van der Waals surface area (Å²) in [5.74, 6) is 0. The third kappa shape index (κ3) is 8.62. The number of hydrogen-bond acceptors (Lipinski definition) is 4. The summed E-state index contributed by atoms with van der Waals surface area (Å²) in [7, 11) is 1.66. The first kappa shape index (κ1) is 14.0. The number of hydrogen-bond donors (Lipinski definition) is 2. The first-order valence-corrected chi connectivity index (χ1v) is 5.89. The van der Waals surface area contributed by atoms with Crippen molar-refractivity contribution in [2.75, 3.05) is 41.1 Å². The highest BCUT2D eigenvalue weighted by molar-refractivity contribution is 7.47. The molecule has 1 unspecified atom stereocenters. The molecule has 14 heavy (non-hydrogen) atoms. The van der Waals surface area contributed by atoms with E-state index >= 15 is 0 Å². The van der Waals surface area contributed by atoms with Crippen LogP contribution in [0.25, 0.3) is 0 Å². The van der Waals surface area contributed by atoms with Gasteiger partial charge in [0.15, 0.2) is 6.73 Å². The molecular weight excluding hydrogens is 207 g/mol. The van der Waals surface area contributed by atoms with Gasteiger partial charge in [-0.15, -0.1) is 0 Å². The smallest absolute Gasteiger partial charge is 0.308 e. The third-order valence-electron chi connectivity index (χ3n) is 1.19. The Morgan fingerprint density at radius 3 is 2.36 bits per heavy atom. The molecule has 0 aromatic heterocycles. The van der Waals surface area contributed by atoms with Crippen molar-refractivity contribution < 1.29 is 23.0 Å². The molecule has 7 heteroatoms. The fourth-order valence-corrected chi connectivity index (χ4v) is 1.33. The average Bonchev–Trinajstić information content (AvgIpc) is 2.00. The van der Waals surface area contributed by atoms with E-state index in [1.54, 1.807) is 0 Å². The van der Waals surface area contributed by atoms with Crippen LogP contribution in [0.4, 0.5) is 0 Å². The van der Waals surface area contributed by atoms with Gasteiger partial charge >= 0.3 is 7.82 Å². The minimum absolute atomic E-state index is 0.0153. The maximum absolute atomic E-state index is 11.2. The summed E-state index contributed by atoms with van der Waals surface area (Å²) in [4.78, 5) is 9.17. The minimum Gasteiger partial charge on any atom is -0.308 e. The lowest BCUT2D eigenvalue weighted by Crippen LogP contribution is -2.36. The average molecular weight is 227 g/mol. The molecule has 0 heterocycles. The van der Waals surface area contributed by atoms with E-state index in [2.05, 4.69) is 9.84 Å². The van der Waals surface area contributed by atoms with Crippen molar-refractivity contribution in [2.24, 2.45) is 0 Å². The number of nitrogens with one attached hydrogen (secondary N) is 1. The summed E-state index contributed by atoms with van der Waals surface area (Å²) in [6, 6.07) is 0. The standard InChI is InChI=1S/C7H19N2O4P/c1-5-8-6-12-14(10,11)13-7-9(2,3)4/h8H,5-7H2,1-4H3/p+1. The predicted octanol–water partition coefficient (Wildman–Crippen LogP) is 0.351. The summed E-state index contributed by atoms with van der Waals surface area (Å²) in [5.41, 5.74) is 0. The van der Waals surface area contributed by atoms with Crippen molar-refractivity contribution in [1.29, 1.82) is 0 Å². The Kier molecular flexibility index (Phi) is 5.81. The molecule has 0 saturated heterocycles. The van der Waals surface area contributed by atoms with Gasteiger partial charge in [-0.2, -0.15) is 0 Å². The molecule has 0 rings (SSSR count). The Morgan fingerprint density at radius 2 is 1.93 bits per heavy atom. The molecule has 0 saturated carbocycles. The van der Waals surface area contributed by atoms with Crippen molar-refractivity contribution in [2.45, 2.75) is 6.92 Å². The second-order valence-corrected chi connectivity index (χ2v) is 5.35. The summed E-state index contributed by atoms with van der Waals surface area (Å²) in [5, 5.41) is 2.76. The molecule has 6 nitrogen and oxygen atoms in total. The van der Waals surface area contributed by atoms with E-state index in [1.165, 1.54) is 0 Å². The molecule has 0 aromatic carbocycles. The first-order chi connectivity index (χ1) is 6.27. The van der Waals surface area contributed by atoms with Gasteiger partial charge in [0.1, 0.15) is 6.73 Å². The summed E-state index contributed by atoms with van der Waals surface area (Å²) in [6.45, 7) is 2.69. The van der Waals surface area contributed by atoms with Gasteiger partial charge < -0.3 is 9.38 Å². The van der Waals surface area contributed by atoms with E-state index in [-0.39, 0.29) is 13.5 Å². The largest absolute Gasteiger partial charge is 0.477 e. The fraction of sp³-hybridized carbons (Fsp3) is 1.00. The number of phosphoric acid groups is 1. The number of nitrogens with zero attached hydrogens (tertiary/aromatic N) is 1. The van der Waals surface area contributed by atoms with Crippen molar-refractivity contribution >= 4 is 7.82 Å². The van der Waals surface area contributed by atoms with Crippen LogP contribution in [-0.4, -0.2) is 50.5 Å². The van der Waals surface area contributed by atoms with E-state index in [1.807, 2.05) is 28.1 Å². The molecule has 0 aliphatic rings. The zero-order valence-electron chi connectivity index (χ0n) is 9.19. The molecule has 1 atom stereocenters. The van der Waals surface area contributed by atoms with Crippen LogP contribution in [0.15, 0.2) is 0 Å². The summed E-state index contributed by atoms with van der Waals surface area (Å²) >= 11 is 0. The van der Waals surface area contributed by atoms with Crippen molar-refractivity contribution in [1.82, 2.24) is 5.32 Å². The monoisotopic (exact) mass is 227 g/mol. The van der Waals surface area contributed by atoms with E-state index in [0.717, 1.165) is 0 Å². The Hall–Kier alpha value is 0.0300. The second kappa shape index (κ2) is 5.80. The van der Waals surface area contributed by atoms with Gasteiger partial charge in [-0.1, -0.05) is 6.92 Å². The molecule has 2 N–H and O–H groups in total. The molecule has 0 radical (unpaired) electrons. The van der Waals surface area contributed by atoms with Crippen LogP contribution in [0.1, 0.15) is 6.92 Å². The Labute approximate surface area is 85.0 Å². The topological polar surface area (TPSA) is 67.8 Å². The quantitative estimate of drug-likeness (QED) is 0.284. The molecule has 0 aromatic rings. The highest BCUT2D eigenvalue weighted by atomic mass is 31.2. The third-order valence-corrected chi connectivity index (χ3v) is 2.09. The van der Waals surface area contributed by atoms with Crippen molar-refractivity contribution in [3.8, 4) is 0 Å². The SMILES string of the molecule is CCNCOP(=O)(O)OC[N+](C)(C)C. The lowest BCUT2D eigenvalue weighted by atomic mass is 10.7. The van der Waals surface area contributed by atoms with E-state index in [4.69, 9.17) is 9.42 Å². The van der Waals surface area contributed by atoms with Crippen LogP contribution in [0.2, 0.25) is 0 Å². The predicted molar refractivity (Wildman–Crippen MR) is 53.4 cm³/mol. The van der Waals surface area contributed by atoms with Crippen LogP contribution >= 0.6 is 7.82 Å². The number of phosphoric ester groups is 1. The zero-order valence-corrected chi connectivity index (χ0v) is 10.1. The fourth-order valence-electron chi connectivity index (χ4n) is 0.513. The van der Waals surface area contributed by atoms with Crippen LogP contribution in [-0.2, 0) is 13.6 Å². The van der Waals surface area contributed by atoms with E-state index in [0.29, 0.717) is 11.0 Å². The number of quaternary nitrogens is 1. The number of rotatable bonds is 7. The first-order valence-electron chi connectivity index (χ1n) is 4.40. The maximum atomic E-state index is 11.2. The normalized spacial score (nSPS) is 16.6. The van der Waals surface area contributed by atoms with E-state index < -0.39 is 7.82 Å². The highest BCUT2D eigenvalue weighted by Crippen LogP contribution is 2.42. The zero-order chi connectivity index (χ0) is 11.2. The lowest BCUT2D eigenvalue weighted by Gasteiger charge is -2.24. The second-order valence-electron chi connectivity index (χ2n) is 3.89. The van der Waals surface area contributed by atoms with Crippen LogP contribution < -0.4 is 5.32 Å². The summed E-state index contributed by atoms with van der Waals surface area (Å²) in [6.07, 6.45) is 0. The van der Waals surface area contributed by atoms with Gasteiger partial charge in [0, 0.05) is 0 Å². The molecular formula is C7H20N2O4P+. The Balaban J connectivity index is 3.78. The summed E-state index contributed by atoms with van der Waals surface area (Å²) < 4.78 is 21.0. The molecule has 86 valence electrons. The van der Waals surface area contributed by atoms with Gasteiger partial charge in [-0.3, -0.25) is 9.84 Å². The molecule has 0 spiro atoms. The van der Waals surface area contributed by atoms with Gasteiger partial charge in [-0.25, -0.2) is 9.09 Å². The van der Waals surface area contributed by atoms with Crippen molar-refractivity contribution in [3.05, 3.63) is 0 Å². The molecule has 0 amide bonds. The Bertz CT molecular complexity index is 204. The van der Waals surface area contributed by atoms with Gasteiger partial charge in [0.05, 0.1) is 21.1 Å². The van der Waals surface area contributed by atoms with Crippen LogP contribution in [0.3, 0.4) is 0 Å². The van der Waals surface area contributed by atoms with Gasteiger partial charge in [0.2, 0.25) is 0 Å². The molecule has 0 aliphatic carbocycles. The van der Waals surface area contributed by atoms with Crippen LogP contribution in [0, 0.1) is 0 Å². The molecule has 0 aliphatic heterocycles. The maximum Gasteiger partial charge on any atom is 0.477 e. The van der Waals surface area contributed by atoms with Gasteiger partial charge in [0.25, 0.3) is 0 Å². The minimum atomic E-state index is -3.90.